The van der Waals surface area contributed by atoms with E-state index in [9.17, 15) is 4.79 Å². The van der Waals surface area contributed by atoms with Crippen molar-refractivity contribution in [1.29, 1.82) is 0 Å². The monoisotopic (exact) mass is 249 g/mol. The van der Waals surface area contributed by atoms with Gasteiger partial charge in [0.1, 0.15) is 6.04 Å². The van der Waals surface area contributed by atoms with Crippen molar-refractivity contribution < 1.29 is 9.90 Å². The molecule has 0 radical (unpaired) electrons. The van der Waals surface area contributed by atoms with E-state index < -0.39 is 12.0 Å². The number of carboxylic acid groups (broad SMARTS) is 1. The summed E-state index contributed by atoms with van der Waals surface area (Å²) < 4.78 is 0. The predicted molar refractivity (Wildman–Crippen MR) is 70.0 cm³/mol. The largest absolute Gasteiger partial charge is 0.480 e. The normalized spacial score (nSPS) is 43.5. The lowest BCUT2D eigenvalue weighted by Gasteiger charge is -2.56. The Labute approximate surface area is 108 Å². The molecule has 4 aliphatic rings. The van der Waals surface area contributed by atoms with Crippen molar-refractivity contribution in [3.05, 3.63) is 12.2 Å². The maximum atomic E-state index is 10.7. The van der Waals surface area contributed by atoms with Gasteiger partial charge in [-0.15, -0.1) is 0 Å². The van der Waals surface area contributed by atoms with Crippen LogP contribution in [0, 0.1) is 23.2 Å². The van der Waals surface area contributed by atoms with E-state index in [4.69, 9.17) is 10.8 Å². The smallest absolute Gasteiger partial charge is 0.320 e. The van der Waals surface area contributed by atoms with Gasteiger partial charge in [-0.1, -0.05) is 12.2 Å². The highest BCUT2D eigenvalue weighted by Gasteiger charge is 2.49. The molecule has 4 aliphatic carbocycles. The SMILES string of the molecule is NC(C/C=C/C12CC3CC(CC(C3)C1)C2)C(=O)O. The summed E-state index contributed by atoms with van der Waals surface area (Å²) in [6, 6.07) is -0.741. The molecule has 0 spiro atoms. The summed E-state index contributed by atoms with van der Waals surface area (Å²) in [6.45, 7) is 0. The Morgan fingerprint density at radius 3 is 2.17 bits per heavy atom. The van der Waals surface area contributed by atoms with E-state index >= 15 is 0 Å². The average Bonchev–Trinajstić information content (AvgIpc) is 2.26. The molecule has 0 aromatic heterocycles. The third-order valence-electron chi connectivity index (χ3n) is 5.26. The molecule has 3 nitrogen and oxygen atoms in total. The summed E-state index contributed by atoms with van der Waals surface area (Å²) in [5.41, 5.74) is 5.94. The van der Waals surface area contributed by atoms with Crippen LogP contribution >= 0.6 is 0 Å². The lowest BCUT2D eigenvalue weighted by atomic mass is 9.49. The Hall–Kier alpha value is -0.830. The van der Waals surface area contributed by atoms with Crippen LogP contribution < -0.4 is 5.73 Å². The van der Waals surface area contributed by atoms with Crippen LogP contribution in [0.1, 0.15) is 44.9 Å². The van der Waals surface area contributed by atoms with Crippen LogP contribution in [0.3, 0.4) is 0 Å². The summed E-state index contributed by atoms with van der Waals surface area (Å²) in [4.78, 5) is 10.7. The van der Waals surface area contributed by atoms with Gasteiger partial charge >= 0.3 is 5.97 Å². The zero-order chi connectivity index (χ0) is 12.8. The summed E-state index contributed by atoms with van der Waals surface area (Å²) in [5.74, 6) is 1.92. The molecule has 1 atom stereocenters. The number of aliphatic carboxylic acids is 1. The molecule has 4 saturated carbocycles. The van der Waals surface area contributed by atoms with E-state index in [1.165, 1.54) is 38.5 Å². The molecular weight excluding hydrogens is 226 g/mol. The van der Waals surface area contributed by atoms with E-state index in [0.29, 0.717) is 11.8 Å². The first-order chi connectivity index (χ1) is 8.56. The van der Waals surface area contributed by atoms with Gasteiger partial charge in [0.25, 0.3) is 0 Å². The van der Waals surface area contributed by atoms with Crippen molar-refractivity contribution in [2.75, 3.05) is 0 Å². The third kappa shape index (κ3) is 2.20. The van der Waals surface area contributed by atoms with Crippen molar-refractivity contribution >= 4 is 5.97 Å². The predicted octanol–water partition coefficient (Wildman–Crippen LogP) is 2.56. The summed E-state index contributed by atoms with van der Waals surface area (Å²) in [7, 11) is 0. The highest BCUT2D eigenvalue weighted by molar-refractivity contribution is 5.73. The number of carboxylic acids is 1. The lowest BCUT2D eigenvalue weighted by molar-refractivity contribution is -0.138. The van der Waals surface area contributed by atoms with Crippen LogP contribution in [0.15, 0.2) is 12.2 Å². The minimum Gasteiger partial charge on any atom is -0.480 e. The maximum Gasteiger partial charge on any atom is 0.320 e. The van der Waals surface area contributed by atoms with Crippen LogP contribution in [0.25, 0.3) is 0 Å². The molecule has 1 unspecified atom stereocenters. The van der Waals surface area contributed by atoms with Crippen LogP contribution in [0.4, 0.5) is 0 Å². The van der Waals surface area contributed by atoms with E-state index in [1.54, 1.807) is 0 Å². The molecule has 4 rings (SSSR count). The standard InChI is InChI=1S/C15H23NO2/c16-13(14(17)18)2-1-3-15-7-10-4-11(8-15)6-12(5-10)9-15/h1,3,10-13H,2,4-9,16H2,(H,17,18)/b3-1+. The molecule has 0 amide bonds. The number of carbonyl (C=O) groups is 1. The molecule has 100 valence electrons. The molecule has 0 aromatic carbocycles. The van der Waals surface area contributed by atoms with Crippen LogP contribution in [-0.2, 0) is 4.79 Å². The minimum atomic E-state index is -0.898. The number of hydrogen-bond donors (Lipinski definition) is 2. The van der Waals surface area contributed by atoms with Crippen molar-refractivity contribution in [1.82, 2.24) is 0 Å². The molecule has 0 saturated heterocycles. The number of nitrogens with two attached hydrogens (primary N) is 1. The molecule has 4 fully saturated rings. The van der Waals surface area contributed by atoms with Gasteiger partial charge in [0.2, 0.25) is 0 Å². The molecule has 0 heterocycles. The van der Waals surface area contributed by atoms with Crippen LogP contribution in [0.5, 0.6) is 0 Å². The second-order valence-electron chi connectivity index (χ2n) is 6.86. The fraction of sp³-hybridized carbons (Fsp3) is 0.800. The Bertz CT molecular complexity index is 339. The van der Waals surface area contributed by atoms with Crippen molar-refractivity contribution in [2.45, 2.75) is 51.0 Å². The molecule has 18 heavy (non-hydrogen) atoms. The fourth-order valence-corrected chi connectivity index (χ4v) is 4.95. The van der Waals surface area contributed by atoms with Gasteiger partial charge in [-0.2, -0.15) is 0 Å². The number of allylic oxidation sites excluding steroid dienone is 1. The Morgan fingerprint density at radius 2 is 1.72 bits per heavy atom. The lowest BCUT2D eigenvalue weighted by Crippen LogP contribution is -2.45. The van der Waals surface area contributed by atoms with Gasteiger partial charge in [0.15, 0.2) is 0 Å². The second-order valence-corrected chi connectivity index (χ2v) is 6.86. The van der Waals surface area contributed by atoms with Crippen LogP contribution in [-0.4, -0.2) is 17.1 Å². The minimum absolute atomic E-state index is 0.396. The second kappa shape index (κ2) is 4.37. The zero-order valence-electron chi connectivity index (χ0n) is 10.8. The Balaban J connectivity index is 1.65. The molecule has 3 heteroatoms. The zero-order valence-corrected chi connectivity index (χ0v) is 10.8. The molecular formula is C15H23NO2. The highest BCUT2D eigenvalue weighted by atomic mass is 16.4. The highest BCUT2D eigenvalue weighted by Crippen LogP contribution is 2.60. The molecule has 0 aliphatic heterocycles. The van der Waals surface area contributed by atoms with Gasteiger partial charge in [-0.05, 0) is 68.1 Å². The molecule has 0 aromatic rings. The summed E-state index contributed by atoms with van der Waals surface area (Å²) in [5, 5.41) is 8.78. The number of rotatable bonds is 4. The van der Waals surface area contributed by atoms with E-state index in [0.717, 1.165) is 17.8 Å². The van der Waals surface area contributed by atoms with E-state index in [-0.39, 0.29) is 0 Å². The van der Waals surface area contributed by atoms with Gasteiger partial charge in [-0.25, -0.2) is 0 Å². The first-order valence-corrected chi connectivity index (χ1v) is 7.22. The van der Waals surface area contributed by atoms with Gasteiger partial charge in [0, 0.05) is 0 Å². The van der Waals surface area contributed by atoms with Gasteiger partial charge in [0.05, 0.1) is 0 Å². The topological polar surface area (TPSA) is 63.3 Å². The maximum absolute atomic E-state index is 10.7. The Morgan fingerprint density at radius 1 is 1.22 bits per heavy atom. The van der Waals surface area contributed by atoms with Crippen LogP contribution in [0.2, 0.25) is 0 Å². The first kappa shape index (κ1) is 12.2. The Kier molecular flexibility index (Phi) is 2.97. The molecule has 4 bridgehead atoms. The van der Waals surface area contributed by atoms with E-state index in [1.807, 2.05) is 6.08 Å². The van der Waals surface area contributed by atoms with Crippen molar-refractivity contribution in [2.24, 2.45) is 28.9 Å². The average molecular weight is 249 g/mol. The van der Waals surface area contributed by atoms with Crippen molar-refractivity contribution in [3.63, 3.8) is 0 Å². The third-order valence-corrected chi connectivity index (χ3v) is 5.26. The van der Waals surface area contributed by atoms with Gasteiger partial charge < -0.3 is 10.8 Å². The summed E-state index contributed by atoms with van der Waals surface area (Å²) in [6.07, 6.45) is 13.2. The molecule has 3 N–H and O–H groups in total. The first-order valence-electron chi connectivity index (χ1n) is 7.22. The van der Waals surface area contributed by atoms with Gasteiger partial charge in [-0.3, -0.25) is 4.79 Å². The quantitative estimate of drug-likeness (QED) is 0.753. The fourth-order valence-electron chi connectivity index (χ4n) is 4.95. The number of hydrogen-bond acceptors (Lipinski definition) is 2. The summed E-state index contributed by atoms with van der Waals surface area (Å²) >= 11 is 0. The van der Waals surface area contributed by atoms with E-state index in [2.05, 4.69) is 6.08 Å². The van der Waals surface area contributed by atoms with Crippen molar-refractivity contribution in [3.8, 4) is 0 Å².